The van der Waals surface area contributed by atoms with E-state index >= 15 is 0 Å². The van der Waals surface area contributed by atoms with E-state index in [9.17, 15) is 4.79 Å². The number of nitrogens with zero attached hydrogens (tertiary/aromatic N) is 2. The lowest BCUT2D eigenvalue weighted by molar-refractivity contribution is 0.412. The Hall–Kier alpha value is -2.53. The number of hydrogen-bond acceptors (Lipinski definition) is 4. The molecule has 5 rings (SSSR count). The van der Waals surface area contributed by atoms with Crippen LogP contribution in [0.1, 0.15) is 49.5 Å². The molecular weight excluding hydrogens is 392 g/mol. The van der Waals surface area contributed by atoms with Crippen molar-refractivity contribution in [1.82, 2.24) is 9.55 Å². The fourth-order valence-corrected chi connectivity index (χ4v) is 5.88. The number of furan rings is 1. The summed E-state index contributed by atoms with van der Waals surface area (Å²) in [6.07, 6.45) is 7.05. The van der Waals surface area contributed by atoms with Crippen LogP contribution in [-0.4, -0.2) is 15.3 Å². The van der Waals surface area contributed by atoms with Crippen LogP contribution in [0.2, 0.25) is 0 Å². The van der Waals surface area contributed by atoms with Gasteiger partial charge in [0.25, 0.3) is 5.56 Å². The van der Waals surface area contributed by atoms with Crippen LogP contribution in [0.3, 0.4) is 0 Å². The van der Waals surface area contributed by atoms with Gasteiger partial charge in [-0.3, -0.25) is 9.36 Å². The van der Waals surface area contributed by atoms with Crippen LogP contribution in [0.5, 0.6) is 0 Å². The maximum atomic E-state index is 14.0. The summed E-state index contributed by atoms with van der Waals surface area (Å²) in [6, 6.07) is 12.2. The van der Waals surface area contributed by atoms with E-state index in [1.807, 2.05) is 29.7 Å². The molecule has 154 valence electrons. The van der Waals surface area contributed by atoms with Gasteiger partial charge in [0, 0.05) is 16.7 Å². The summed E-state index contributed by atoms with van der Waals surface area (Å²) in [6.45, 7) is 6.43. The minimum Gasteiger partial charge on any atom is -0.467 e. The minimum absolute atomic E-state index is 0.0871. The fraction of sp³-hybridized carbons (Fsp3) is 0.360. The number of hydrogen-bond donors (Lipinski definition) is 0. The zero-order valence-electron chi connectivity index (χ0n) is 17.3. The second kappa shape index (κ2) is 7.62. The normalized spacial score (nSPS) is 16.4. The lowest BCUT2D eigenvalue weighted by atomic mass is 9.68. The molecule has 1 spiro atoms. The zero-order chi connectivity index (χ0) is 20.7. The Kier molecular flexibility index (Phi) is 4.94. The predicted molar refractivity (Wildman–Crippen MR) is 121 cm³/mol. The quantitative estimate of drug-likeness (QED) is 0.308. The molecule has 0 radical (unpaired) electrons. The number of benzene rings is 1. The second-order valence-corrected chi connectivity index (χ2v) is 9.60. The minimum atomic E-state index is -0.0871. The third-order valence-corrected chi connectivity index (χ3v) is 7.58. The van der Waals surface area contributed by atoms with Crippen molar-refractivity contribution >= 4 is 11.8 Å². The first kappa shape index (κ1) is 19.4. The van der Waals surface area contributed by atoms with Gasteiger partial charge in [-0.05, 0) is 43.9 Å². The SMILES string of the molecule is C=C(C)CSc1nc2c(c(=O)n1Cc1ccco1)C1(CCCC1)Cc1ccccc1-2. The van der Waals surface area contributed by atoms with Gasteiger partial charge in [0.1, 0.15) is 5.76 Å². The van der Waals surface area contributed by atoms with E-state index in [0.717, 1.165) is 58.3 Å². The number of rotatable bonds is 5. The molecule has 3 aromatic rings. The van der Waals surface area contributed by atoms with Crippen molar-refractivity contribution in [1.29, 1.82) is 0 Å². The van der Waals surface area contributed by atoms with Gasteiger partial charge in [-0.2, -0.15) is 0 Å². The van der Waals surface area contributed by atoms with Crippen molar-refractivity contribution in [2.75, 3.05) is 5.75 Å². The van der Waals surface area contributed by atoms with Gasteiger partial charge in [-0.1, -0.05) is 61.0 Å². The first-order valence-corrected chi connectivity index (χ1v) is 11.6. The standard InChI is InChI=1S/C25H26N2O2S/c1-17(2)16-30-24-26-22-20-10-4-3-8-18(20)14-25(11-5-6-12-25)21(22)23(28)27(24)15-19-9-7-13-29-19/h3-4,7-10,13H,1,5-6,11-12,14-16H2,2H3. The van der Waals surface area contributed by atoms with Gasteiger partial charge in [0.05, 0.1) is 24.1 Å². The summed E-state index contributed by atoms with van der Waals surface area (Å²) in [4.78, 5) is 19.2. The first-order chi connectivity index (χ1) is 14.6. The maximum Gasteiger partial charge on any atom is 0.258 e. The Bertz CT molecular complexity index is 1150. The van der Waals surface area contributed by atoms with Crippen molar-refractivity contribution in [2.24, 2.45) is 0 Å². The second-order valence-electron chi connectivity index (χ2n) is 8.66. The molecule has 1 fully saturated rings. The van der Waals surface area contributed by atoms with Crippen molar-refractivity contribution in [3.05, 3.63) is 82.1 Å². The molecule has 0 unspecified atom stereocenters. The summed E-state index contributed by atoms with van der Waals surface area (Å²) in [5, 5.41) is 0.739. The van der Waals surface area contributed by atoms with E-state index in [2.05, 4.69) is 24.8 Å². The highest BCUT2D eigenvalue weighted by atomic mass is 32.2. The average Bonchev–Trinajstić information content (AvgIpc) is 3.41. The molecule has 1 aromatic carbocycles. The lowest BCUT2D eigenvalue weighted by Crippen LogP contribution is -2.40. The highest BCUT2D eigenvalue weighted by Crippen LogP contribution is 2.50. The largest absolute Gasteiger partial charge is 0.467 e. The van der Waals surface area contributed by atoms with E-state index < -0.39 is 0 Å². The molecule has 2 heterocycles. The van der Waals surface area contributed by atoms with Gasteiger partial charge in [-0.25, -0.2) is 4.98 Å². The molecule has 2 aromatic heterocycles. The van der Waals surface area contributed by atoms with Crippen LogP contribution in [0.15, 0.2) is 69.2 Å². The first-order valence-electron chi connectivity index (χ1n) is 10.6. The van der Waals surface area contributed by atoms with Gasteiger partial charge in [0.15, 0.2) is 5.16 Å². The maximum absolute atomic E-state index is 14.0. The monoisotopic (exact) mass is 418 g/mol. The summed E-state index contributed by atoms with van der Waals surface area (Å²) in [7, 11) is 0. The van der Waals surface area contributed by atoms with E-state index in [0.29, 0.717) is 6.54 Å². The molecule has 30 heavy (non-hydrogen) atoms. The highest BCUT2D eigenvalue weighted by molar-refractivity contribution is 7.99. The van der Waals surface area contributed by atoms with Gasteiger partial charge in [-0.15, -0.1) is 0 Å². The summed E-state index contributed by atoms with van der Waals surface area (Å²) >= 11 is 1.58. The predicted octanol–water partition coefficient (Wildman–Crippen LogP) is 5.59. The van der Waals surface area contributed by atoms with E-state index in [4.69, 9.17) is 9.40 Å². The van der Waals surface area contributed by atoms with Crippen molar-refractivity contribution < 1.29 is 4.42 Å². The van der Waals surface area contributed by atoms with Crippen LogP contribution in [0.4, 0.5) is 0 Å². The van der Waals surface area contributed by atoms with Gasteiger partial charge >= 0.3 is 0 Å². The Morgan fingerprint density at radius 1 is 1.23 bits per heavy atom. The Balaban J connectivity index is 1.75. The lowest BCUT2D eigenvalue weighted by Gasteiger charge is -2.36. The molecule has 4 nitrogen and oxygen atoms in total. The third kappa shape index (κ3) is 3.25. The van der Waals surface area contributed by atoms with Crippen LogP contribution < -0.4 is 5.56 Å². The summed E-state index contributed by atoms with van der Waals surface area (Å²) < 4.78 is 7.39. The molecule has 2 aliphatic carbocycles. The molecule has 0 bridgehead atoms. The average molecular weight is 419 g/mol. The van der Waals surface area contributed by atoms with Crippen LogP contribution in [-0.2, 0) is 18.4 Å². The molecule has 5 heteroatoms. The number of aromatic nitrogens is 2. The van der Waals surface area contributed by atoms with Crippen LogP contribution in [0, 0.1) is 0 Å². The van der Waals surface area contributed by atoms with E-state index in [-0.39, 0.29) is 11.0 Å². The number of thioether (sulfide) groups is 1. The van der Waals surface area contributed by atoms with E-state index in [1.165, 1.54) is 18.4 Å². The number of fused-ring (bicyclic) bond motifs is 4. The van der Waals surface area contributed by atoms with E-state index in [1.54, 1.807) is 18.0 Å². The highest BCUT2D eigenvalue weighted by Gasteiger charge is 2.44. The smallest absolute Gasteiger partial charge is 0.258 e. The van der Waals surface area contributed by atoms with Crippen molar-refractivity contribution in [2.45, 2.75) is 56.1 Å². The van der Waals surface area contributed by atoms with Crippen molar-refractivity contribution in [3.8, 4) is 11.3 Å². The molecule has 2 aliphatic rings. The van der Waals surface area contributed by atoms with Gasteiger partial charge in [0.2, 0.25) is 0 Å². The molecule has 0 aliphatic heterocycles. The Labute approximate surface area is 181 Å². The van der Waals surface area contributed by atoms with Crippen LogP contribution >= 0.6 is 11.8 Å². The molecular formula is C25H26N2O2S. The summed E-state index contributed by atoms with van der Waals surface area (Å²) in [5.41, 5.74) is 5.31. The topological polar surface area (TPSA) is 48.0 Å². The fourth-order valence-electron chi connectivity index (χ4n) is 5.04. The Morgan fingerprint density at radius 3 is 2.77 bits per heavy atom. The Morgan fingerprint density at radius 2 is 2.03 bits per heavy atom. The molecule has 0 saturated heterocycles. The zero-order valence-corrected chi connectivity index (χ0v) is 18.1. The molecule has 0 amide bonds. The molecule has 0 N–H and O–H groups in total. The van der Waals surface area contributed by atoms with Gasteiger partial charge < -0.3 is 4.42 Å². The van der Waals surface area contributed by atoms with Crippen LogP contribution in [0.25, 0.3) is 11.3 Å². The summed E-state index contributed by atoms with van der Waals surface area (Å²) in [5.74, 6) is 1.50. The third-order valence-electron chi connectivity index (χ3n) is 6.37. The van der Waals surface area contributed by atoms with Crippen molar-refractivity contribution in [3.63, 3.8) is 0 Å². The molecule has 1 saturated carbocycles. The molecule has 0 atom stereocenters.